The Labute approximate surface area is 193 Å². The number of alkyl halides is 4. The number of hydrogen-bond donors (Lipinski definition) is 1. The fourth-order valence-corrected chi connectivity index (χ4v) is 4.27. The van der Waals surface area contributed by atoms with Crippen LogP contribution in [0.5, 0.6) is 11.5 Å². The summed E-state index contributed by atoms with van der Waals surface area (Å²) < 4.78 is 60.6. The van der Waals surface area contributed by atoms with Crippen molar-refractivity contribution in [3.63, 3.8) is 0 Å². The lowest BCUT2D eigenvalue weighted by Gasteiger charge is -2.23. The minimum Gasteiger partial charge on any atom is -1.00 e. The fourth-order valence-electron chi connectivity index (χ4n) is 4.27. The Bertz CT molecular complexity index is 941. The molecule has 0 spiro atoms. The molecule has 10 heteroatoms. The maximum absolute atomic E-state index is 12.5. The number of rotatable bonds is 6. The highest BCUT2D eigenvalue weighted by Gasteiger charge is 2.52. The van der Waals surface area contributed by atoms with Gasteiger partial charge in [-0.2, -0.15) is 17.6 Å². The molecule has 0 bridgehead atoms. The van der Waals surface area contributed by atoms with Gasteiger partial charge in [0, 0.05) is 12.0 Å². The first-order chi connectivity index (χ1) is 14.9. The summed E-state index contributed by atoms with van der Waals surface area (Å²) in [6, 6.07) is 12.3. The van der Waals surface area contributed by atoms with E-state index >= 15 is 0 Å². The smallest absolute Gasteiger partial charge is 0.387 e. The average molecular weight is 519 g/mol. The van der Waals surface area contributed by atoms with Crippen molar-refractivity contribution in [2.45, 2.75) is 44.6 Å². The van der Waals surface area contributed by atoms with Gasteiger partial charge in [0.15, 0.2) is 6.54 Å². The first-order valence-corrected chi connectivity index (χ1v) is 10.1. The number of anilines is 1. The van der Waals surface area contributed by atoms with Gasteiger partial charge in [-0.25, -0.2) is 9.48 Å². The van der Waals surface area contributed by atoms with Gasteiger partial charge in [-0.1, -0.05) is 0 Å². The van der Waals surface area contributed by atoms with Gasteiger partial charge in [-0.15, -0.1) is 0 Å². The number of benzene rings is 2. The van der Waals surface area contributed by atoms with Gasteiger partial charge in [0.2, 0.25) is 0 Å². The number of aliphatic hydroxyl groups is 1. The zero-order valence-electron chi connectivity index (χ0n) is 17.1. The summed E-state index contributed by atoms with van der Waals surface area (Å²) in [4.78, 5) is 1.97. The second kappa shape index (κ2) is 10.1. The van der Waals surface area contributed by atoms with E-state index in [1.54, 1.807) is 24.3 Å². The molecule has 0 aliphatic carbocycles. The second-order valence-corrected chi connectivity index (χ2v) is 7.56. The van der Waals surface area contributed by atoms with Gasteiger partial charge in [0.05, 0.1) is 6.54 Å². The van der Waals surface area contributed by atoms with Crippen molar-refractivity contribution in [1.82, 2.24) is 0 Å². The zero-order valence-corrected chi connectivity index (χ0v) is 18.7. The molecule has 1 unspecified atom stereocenters. The maximum Gasteiger partial charge on any atom is 0.387 e. The second-order valence-electron chi connectivity index (χ2n) is 7.56. The molecule has 4 rings (SSSR count). The maximum atomic E-state index is 12.5. The number of hydrogen-bond acceptors (Lipinski definition) is 4. The number of amidine groups is 1. The molecular formula is C22H23BrF4N2O3. The molecule has 2 aliphatic heterocycles. The molecule has 1 atom stereocenters. The fraction of sp³-hybridized carbons (Fsp3) is 0.409. The molecule has 174 valence electrons. The molecular weight excluding hydrogens is 496 g/mol. The first kappa shape index (κ1) is 24.3. The molecule has 0 amide bonds. The van der Waals surface area contributed by atoms with Crippen LogP contribution < -0.4 is 31.4 Å². The van der Waals surface area contributed by atoms with Gasteiger partial charge in [0.1, 0.15) is 17.2 Å². The van der Waals surface area contributed by atoms with E-state index in [0.717, 1.165) is 37.2 Å². The highest BCUT2D eigenvalue weighted by Crippen LogP contribution is 2.36. The predicted molar refractivity (Wildman–Crippen MR) is 106 cm³/mol. The van der Waals surface area contributed by atoms with Gasteiger partial charge < -0.3 is 31.6 Å². The van der Waals surface area contributed by atoms with E-state index in [1.807, 2.05) is 9.48 Å². The van der Waals surface area contributed by atoms with Crippen LogP contribution in [-0.2, 0) is 5.72 Å². The average Bonchev–Trinajstić information content (AvgIpc) is 2.88. The predicted octanol–water partition coefficient (Wildman–Crippen LogP) is 1.54. The summed E-state index contributed by atoms with van der Waals surface area (Å²) in [5.41, 5.74) is -0.0490. The summed E-state index contributed by atoms with van der Waals surface area (Å²) in [7, 11) is 0. The minimum atomic E-state index is -2.92. The van der Waals surface area contributed by atoms with Gasteiger partial charge in [0.25, 0.3) is 11.6 Å². The van der Waals surface area contributed by atoms with Gasteiger partial charge >= 0.3 is 13.2 Å². The number of nitrogens with zero attached hydrogens (tertiary/aromatic N) is 2. The van der Waals surface area contributed by atoms with Gasteiger partial charge in [-0.3, -0.25) is 0 Å². The summed E-state index contributed by atoms with van der Waals surface area (Å²) in [5, 5.41) is 11.7. The first-order valence-electron chi connectivity index (χ1n) is 10.1. The third-order valence-electron chi connectivity index (χ3n) is 5.65. The van der Waals surface area contributed by atoms with Crippen molar-refractivity contribution in [2.24, 2.45) is 0 Å². The minimum absolute atomic E-state index is 0. The molecule has 32 heavy (non-hydrogen) atoms. The summed E-state index contributed by atoms with van der Waals surface area (Å²) in [5.74, 6) is 1.02. The summed E-state index contributed by atoms with van der Waals surface area (Å²) >= 11 is 0. The van der Waals surface area contributed by atoms with E-state index in [2.05, 4.69) is 9.47 Å². The largest absolute Gasteiger partial charge is 1.00 e. The molecule has 0 saturated heterocycles. The van der Waals surface area contributed by atoms with E-state index in [-0.39, 0.29) is 35.0 Å². The van der Waals surface area contributed by atoms with Crippen molar-refractivity contribution >= 4 is 11.5 Å². The van der Waals surface area contributed by atoms with Crippen molar-refractivity contribution < 1.29 is 53.7 Å². The van der Waals surface area contributed by atoms with Crippen molar-refractivity contribution in [3.05, 3.63) is 54.1 Å². The van der Waals surface area contributed by atoms with Crippen LogP contribution in [-0.4, -0.2) is 41.8 Å². The van der Waals surface area contributed by atoms with Crippen LogP contribution in [0.25, 0.3) is 0 Å². The molecule has 2 aromatic rings. The van der Waals surface area contributed by atoms with Crippen LogP contribution in [0.4, 0.5) is 23.2 Å². The molecule has 2 aliphatic rings. The van der Waals surface area contributed by atoms with Gasteiger partial charge in [-0.05, 0) is 67.8 Å². The van der Waals surface area contributed by atoms with Crippen LogP contribution >= 0.6 is 0 Å². The molecule has 0 aromatic heterocycles. The molecule has 0 fully saturated rings. The number of ether oxygens (including phenoxy) is 2. The van der Waals surface area contributed by atoms with Crippen molar-refractivity contribution in [3.8, 4) is 11.5 Å². The monoisotopic (exact) mass is 518 g/mol. The molecule has 1 N–H and O–H groups in total. The van der Waals surface area contributed by atoms with Crippen molar-refractivity contribution in [2.75, 3.05) is 18.0 Å². The lowest BCUT2D eigenvalue weighted by atomic mass is 10.0. The molecule has 0 radical (unpaired) electrons. The Morgan fingerprint density at radius 1 is 0.844 bits per heavy atom. The lowest BCUT2D eigenvalue weighted by molar-refractivity contribution is -0.658. The number of halogens is 5. The van der Waals surface area contributed by atoms with Crippen molar-refractivity contribution in [1.29, 1.82) is 0 Å². The van der Waals surface area contributed by atoms with Crippen LogP contribution in [0.2, 0.25) is 0 Å². The molecule has 5 nitrogen and oxygen atoms in total. The van der Waals surface area contributed by atoms with E-state index < -0.39 is 18.9 Å². The van der Waals surface area contributed by atoms with E-state index in [0.29, 0.717) is 12.1 Å². The summed E-state index contributed by atoms with van der Waals surface area (Å²) in [6.07, 6.45) is 3.65. The molecule has 2 aromatic carbocycles. The Balaban J connectivity index is 0.00000289. The number of β-amino-alcohol motifs (C(OH)–C–C–N with tert-alkyl or cyclic N) is 1. The quantitative estimate of drug-likeness (QED) is 0.465. The van der Waals surface area contributed by atoms with Crippen LogP contribution in [0, 0.1) is 0 Å². The SMILES string of the molecule is OC1(c2ccc(OC(F)F)cc2)CN(c2ccc(OC(F)F)cc2)C2=[N+]1CCCCC2.[Br-]. The highest BCUT2D eigenvalue weighted by molar-refractivity contribution is 5.96. The Morgan fingerprint density at radius 2 is 1.41 bits per heavy atom. The topological polar surface area (TPSA) is 44.9 Å². The lowest BCUT2D eigenvalue weighted by Crippen LogP contribution is -3.00. The Morgan fingerprint density at radius 3 is 1.97 bits per heavy atom. The zero-order chi connectivity index (χ0) is 22.0. The van der Waals surface area contributed by atoms with E-state index in [1.165, 1.54) is 24.3 Å². The third-order valence-corrected chi connectivity index (χ3v) is 5.65. The van der Waals surface area contributed by atoms with Crippen LogP contribution in [0.1, 0.15) is 31.2 Å². The summed E-state index contributed by atoms with van der Waals surface area (Å²) in [6.45, 7) is -4.96. The molecule has 0 saturated carbocycles. The standard InChI is InChI=1S/C22H23F4N2O3.BrH/c23-20(24)30-17-9-5-15(6-10-17)22(29)14-27(19-4-2-1-3-13-28(19)22)16-7-11-18(12-8-16)31-21(25)26;/h5-12,20-21,29H,1-4,13-14H2;1H/q+1;/p-1. The Kier molecular flexibility index (Phi) is 7.66. The van der Waals surface area contributed by atoms with E-state index in [9.17, 15) is 22.7 Å². The normalized spacial score (nSPS) is 20.8. The van der Waals surface area contributed by atoms with Crippen LogP contribution in [0.3, 0.4) is 0 Å². The molecule has 2 heterocycles. The Hall–Kier alpha value is -2.33. The highest BCUT2D eigenvalue weighted by atomic mass is 79.9. The third kappa shape index (κ3) is 5.01. The van der Waals surface area contributed by atoms with E-state index in [4.69, 9.17) is 0 Å². The van der Waals surface area contributed by atoms with Crippen LogP contribution in [0.15, 0.2) is 48.5 Å².